The van der Waals surface area contributed by atoms with E-state index in [2.05, 4.69) is 32.1 Å². The van der Waals surface area contributed by atoms with Gasteiger partial charge in [0.2, 0.25) is 0 Å². The number of rotatable bonds is 1. The molecule has 3 rings (SSSR count). The first-order valence-corrected chi connectivity index (χ1v) is 7.35. The zero-order valence-corrected chi connectivity index (χ0v) is 12.9. The molecule has 0 spiro atoms. The minimum Gasteiger partial charge on any atom is -0.332 e. The Bertz CT molecular complexity index is 641. The number of benzene rings is 1. The molecule has 2 heterocycles. The van der Waals surface area contributed by atoms with Gasteiger partial charge in [-0.15, -0.1) is 0 Å². The number of carbonyl (C=O) groups excluding carboxylic acids is 1. The second-order valence-electron chi connectivity index (χ2n) is 4.39. The molecular formula is C13H11ClIN3O. The van der Waals surface area contributed by atoms with Crippen LogP contribution >= 0.6 is 34.2 Å². The van der Waals surface area contributed by atoms with Crippen LogP contribution in [0.25, 0.3) is 0 Å². The fourth-order valence-corrected chi connectivity index (χ4v) is 2.67. The Hall–Kier alpha value is -1.08. The number of halogens is 2. The van der Waals surface area contributed by atoms with Crippen molar-refractivity contribution in [3.05, 3.63) is 50.6 Å². The molecule has 1 aromatic heterocycles. The standard InChI is InChI=1S/C13H11ClIN3O/c14-10-7-9(1-2-11(10)15)13(19)18-6-5-17-4-3-16-12(17)8-18/h1-4,7H,5-6,8H2. The minimum atomic E-state index is 0.00699. The third kappa shape index (κ3) is 2.49. The highest BCUT2D eigenvalue weighted by molar-refractivity contribution is 14.1. The van der Waals surface area contributed by atoms with Crippen molar-refractivity contribution in [2.75, 3.05) is 6.54 Å². The van der Waals surface area contributed by atoms with Crippen LogP contribution in [0.2, 0.25) is 5.02 Å². The highest BCUT2D eigenvalue weighted by atomic mass is 127. The number of aromatic nitrogens is 2. The van der Waals surface area contributed by atoms with Gasteiger partial charge in [0.05, 0.1) is 11.6 Å². The van der Waals surface area contributed by atoms with Gasteiger partial charge in [0.15, 0.2) is 0 Å². The first-order chi connectivity index (χ1) is 9.15. The van der Waals surface area contributed by atoms with Crippen LogP contribution in [0.5, 0.6) is 0 Å². The molecule has 1 aliphatic heterocycles. The molecule has 0 saturated heterocycles. The summed E-state index contributed by atoms with van der Waals surface area (Å²) in [4.78, 5) is 18.5. The lowest BCUT2D eigenvalue weighted by molar-refractivity contribution is 0.0707. The maximum atomic E-state index is 12.4. The second-order valence-corrected chi connectivity index (χ2v) is 5.96. The van der Waals surface area contributed by atoms with E-state index in [9.17, 15) is 4.79 Å². The highest BCUT2D eigenvalue weighted by Gasteiger charge is 2.22. The molecule has 1 aliphatic rings. The lowest BCUT2D eigenvalue weighted by Crippen LogP contribution is -2.38. The highest BCUT2D eigenvalue weighted by Crippen LogP contribution is 2.21. The molecule has 0 N–H and O–H groups in total. The van der Waals surface area contributed by atoms with Gasteiger partial charge in [-0.2, -0.15) is 0 Å². The van der Waals surface area contributed by atoms with Crippen molar-refractivity contribution in [3.8, 4) is 0 Å². The Labute approximate surface area is 129 Å². The molecule has 6 heteroatoms. The summed E-state index contributed by atoms with van der Waals surface area (Å²) in [5.41, 5.74) is 0.630. The van der Waals surface area contributed by atoms with Gasteiger partial charge in [0, 0.05) is 34.6 Å². The molecule has 0 atom stereocenters. The van der Waals surface area contributed by atoms with E-state index < -0.39 is 0 Å². The van der Waals surface area contributed by atoms with Gasteiger partial charge in [0.1, 0.15) is 5.82 Å². The zero-order chi connectivity index (χ0) is 13.4. The van der Waals surface area contributed by atoms with Crippen LogP contribution in [-0.4, -0.2) is 26.9 Å². The topological polar surface area (TPSA) is 38.1 Å². The number of amides is 1. The first-order valence-electron chi connectivity index (χ1n) is 5.89. The molecule has 19 heavy (non-hydrogen) atoms. The van der Waals surface area contributed by atoms with Crippen LogP contribution in [0.4, 0.5) is 0 Å². The molecule has 0 bridgehead atoms. The molecular weight excluding hydrogens is 377 g/mol. The largest absolute Gasteiger partial charge is 0.332 e. The summed E-state index contributed by atoms with van der Waals surface area (Å²) in [5.74, 6) is 0.934. The maximum absolute atomic E-state index is 12.4. The average Bonchev–Trinajstić information content (AvgIpc) is 2.88. The SMILES string of the molecule is O=C(c1ccc(I)c(Cl)c1)N1CCn2ccnc2C1. The van der Waals surface area contributed by atoms with E-state index in [1.54, 1.807) is 17.2 Å². The van der Waals surface area contributed by atoms with Crippen LogP contribution in [0, 0.1) is 3.57 Å². The lowest BCUT2D eigenvalue weighted by atomic mass is 10.2. The summed E-state index contributed by atoms with van der Waals surface area (Å²) < 4.78 is 3.02. The molecule has 1 amide bonds. The monoisotopic (exact) mass is 387 g/mol. The number of fused-ring (bicyclic) bond motifs is 1. The van der Waals surface area contributed by atoms with Crippen molar-refractivity contribution in [1.82, 2.24) is 14.5 Å². The van der Waals surface area contributed by atoms with Crippen LogP contribution in [0.15, 0.2) is 30.6 Å². The summed E-state index contributed by atoms with van der Waals surface area (Å²) >= 11 is 8.21. The van der Waals surface area contributed by atoms with E-state index in [1.165, 1.54) is 0 Å². The molecule has 2 aromatic rings. The molecule has 0 fully saturated rings. The average molecular weight is 388 g/mol. The summed E-state index contributed by atoms with van der Waals surface area (Å²) in [6, 6.07) is 5.41. The lowest BCUT2D eigenvalue weighted by Gasteiger charge is -2.27. The Morgan fingerprint density at radius 3 is 3.00 bits per heavy atom. The number of nitrogens with zero attached hydrogens (tertiary/aromatic N) is 3. The maximum Gasteiger partial charge on any atom is 0.254 e. The first kappa shape index (κ1) is 12.9. The summed E-state index contributed by atoms with van der Waals surface area (Å²) in [7, 11) is 0. The van der Waals surface area contributed by atoms with E-state index in [0.717, 1.165) is 15.9 Å². The third-order valence-corrected chi connectivity index (χ3v) is 4.77. The van der Waals surface area contributed by atoms with E-state index in [0.29, 0.717) is 23.7 Å². The smallest absolute Gasteiger partial charge is 0.254 e. The van der Waals surface area contributed by atoms with Crippen LogP contribution < -0.4 is 0 Å². The van der Waals surface area contributed by atoms with E-state index in [-0.39, 0.29) is 5.91 Å². The molecule has 0 unspecified atom stereocenters. The van der Waals surface area contributed by atoms with E-state index in [4.69, 9.17) is 11.6 Å². The third-order valence-electron chi connectivity index (χ3n) is 3.20. The normalized spacial score (nSPS) is 14.3. The molecule has 1 aromatic carbocycles. The molecule has 0 radical (unpaired) electrons. The van der Waals surface area contributed by atoms with Gasteiger partial charge in [-0.25, -0.2) is 4.98 Å². The zero-order valence-electron chi connectivity index (χ0n) is 10.0. The van der Waals surface area contributed by atoms with Gasteiger partial charge in [-0.1, -0.05) is 11.6 Å². The minimum absolute atomic E-state index is 0.00699. The van der Waals surface area contributed by atoms with Gasteiger partial charge in [-0.05, 0) is 40.8 Å². The molecule has 98 valence electrons. The predicted molar refractivity (Wildman–Crippen MR) is 81.1 cm³/mol. The van der Waals surface area contributed by atoms with Crippen molar-refractivity contribution < 1.29 is 4.79 Å². The number of imidazole rings is 1. The predicted octanol–water partition coefficient (Wildman–Crippen LogP) is 2.80. The van der Waals surface area contributed by atoms with E-state index in [1.807, 2.05) is 18.3 Å². The summed E-state index contributed by atoms with van der Waals surface area (Å²) in [6.45, 7) is 2.04. The summed E-state index contributed by atoms with van der Waals surface area (Å²) in [6.07, 6.45) is 3.71. The van der Waals surface area contributed by atoms with Crippen LogP contribution in [0.3, 0.4) is 0 Å². The van der Waals surface area contributed by atoms with E-state index >= 15 is 0 Å². The summed E-state index contributed by atoms with van der Waals surface area (Å²) in [5, 5.41) is 0.616. The van der Waals surface area contributed by atoms with Crippen molar-refractivity contribution in [3.63, 3.8) is 0 Å². The van der Waals surface area contributed by atoms with Gasteiger partial charge in [0.25, 0.3) is 5.91 Å². The van der Waals surface area contributed by atoms with Gasteiger partial charge >= 0.3 is 0 Å². The quantitative estimate of drug-likeness (QED) is 0.706. The second kappa shape index (κ2) is 5.13. The van der Waals surface area contributed by atoms with Crippen LogP contribution in [-0.2, 0) is 13.1 Å². The van der Waals surface area contributed by atoms with Gasteiger partial charge in [-0.3, -0.25) is 4.79 Å². The number of carbonyl (C=O) groups is 1. The van der Waals surface area contributed by atoms with Crippen molar-refractivity contribution in [2.45, 2.75) is 13.1 Å². The Kier molecular flexibility index (Phi) is 3.49. The Morgan fingerprint density at radius 2 is 2.21 bits per heavy atom. The van der Waals surface area contributed by atoms with Crippen molar-refractivity contribution >= 4 is 40.1 Å². The van der Waals surface area contributed by atoms with Crippen molar-refractivity contribution in [1.29, 1.82) is 0 Å². The molecule has 4 nitrogen and oxygen atoms in total. The number of hydrogen-bond acceptors (Lipinski definition) is 2. The fraction of sp³-hybridized carbons (Fsp3) is 0.231. The number of hydrogen-bond donors (Lipinski definition) is 0. The van der Waals surface area contributed by atoms with Crippen molar-refractivity contribution in [2.24, 2.45) is 0 Å². The Balaban J connectivity index is 1.83. The Morgan fingerprint density at radius 1 is 1.37 bits per heavy atom. The van der Waals surface area contributed by atoms with Gasteiger partial charge < -0.3 is 9.47 Å². The fourth-order valence-electron chi connectivity index (χ4n) is 2.16. The molecule has 0 aliphatic carbocycles. The molecule has 0 saturated carbocycles. The van der Waals surface area contributed by atoms with Crippen LogP contribution in [0.1, 0.15) is 16.2 Å².